The third-order valence-corrected chi connectivity index (χ3v) is 6.86. The van der Waals surface area contributed by atoms with Crippen LogP contribution < -0.4 is 10.6 Å². The van der Waals surface area contributed by atoms with Gasteiger partial charge < -0.3 is 15.1 Å². The first-order valence-electron chi connectivity index (χ1n) is 9.34. The van der Waals surface area contributed by atoms with Crippen LogP contribution in [-0.4, -0.2) is 16.8 Å². The van der Waals surface area contributed by atoms with Gasteiger partial charge in [-0.2, -0.15) is 0 Å². The first-order valence-corrected chi connectivity index (χ1v) is 11.6. The number of aromatic nitrogens is 1. The fourth-order valence-corrected chi connectivity index (χ4v) is 5.13. The molecule has 2 aromatic heterocycles. The molecule has 0 radical (unpaired) electrons. The Hall–Kier alpha value is -2.81. The average molecular weight is 472 g/mol. The highest BCUT2D eigenvalue weighted by atomic mass is 35.5. The molecule has 0 aliphatic heterocycles. The lowest BCUT2D eigenvalue weighted by Gasteiger charge is -2.09. The Morgan fingerprint density at radius 3 is 2.71 bits per heavy atom. The highest BCUT2D eigenvalue weighted by Gasteiger charge is 2.21. The first kappa shape index (κ1) is 21.4. The third-order valence-electron chi connectivity index (χ3n) is 4.38. The molecule has 0 atom stereocenters. The third kappa shape index (κ3) is 4.92. The van der Waals surface area contributed by atoms with E-state index < -0.39 is 0 Å². The highest BCUT2D eigenvalue weighted by Crippen LogP contribution is 2.34. The lowest BCUT2D eigenvalue weighted by molar-refractivity contribution is -0.114. The molecule has 0 fully saturated rings. The van der Waals surface area contributed by atoms with Gasteiger partial charge in [-0.15, -0.1) is 11.3 Å². The van der Waals surface area contributed by atoms with E-state index in [0.717, 1.165) is 21.0 Å². The van der Waals surface area contributed by atoms with Gasteiger partial charge >= 0.3 is 0 Å². The van der Waals surface area contributed by atoms with Gasteiger partial charge in [-0.25, -0.2) is 4.98 Å². The Balaban J connectivity index is 1.60. The number of amides is 2. The van der Waals surface area contributed by atoms with Crippen LogP contribution in [0.2, 0.25) is 5.02 Å². The Bertz CT molecular complexity index is 1280. The van der Waals surface area contributed by atoms with Crippen LogP contribution in [-0.2, 0) is 10.5 Å². The number of hydrogen-bond donors (Lipinski definition) is 2. The molecule has 31 heavy (non-hydrogen) atoms. The van der Waals surface area contributed by atoms with Crippen LogP contribution in [0.25, 0.3) is 11.0 Å². The zero-order valence-corrected chi connectivity index (χ0v) is 19.1. The number of halogens is 1. The predicted octanol–water partition coefficient (Wildman–Crippen LogP) is 6.35. The maximum absolute atomic E-state index is 13.1. The van der Waals surface area contributed by atoms with Crippen molar-refractivity contribution in [2.75, 3.05) is 10.6 Å². The molecule has 2 amide bonds. The lowest BCUT2D eigenvalue weighted by Crippen LogP contribution is -2.13. The first-order chi connectivity index (χ1) is 14.9. The van der Waals surface area contributed by atoms with Crippen LogP contribution in [0.1, 0.15) is 28.7 Å². The molecular weight excluding hydrogens is 454 g/mol. The molecule has 6 nitrogen and oxygen atoms in total. The number of para-hydroxylation sites is 1. The van der Waals surface area contributed by atoms with Crippen molar-refractivity contribution < 1.29 is 14.0 Å². The number of nitrogens with zero attached hydrogens (tertiary/aromatic N) is 1. The van der Waals surface area contributed by atoms with E-state index in [0.29, 0.717) is 27.7 Å². The lowest BCUT2D eigenvalue weighted by atomic mass is 10.1. The Labute approximate surface area is 192 Å². The summed E-state index contributed by atoms with van der Waals surface area (Å²) in [7, 11) is 0. The van der Waals surface area contributed by atoms with Gasteiger partial charge in [0.25, 0.3) is 5.91 Å². The van der Waals surface area contributed by atoms with E-state index in [9.17, 15) is 9.59 Å². The summed E-state index contributed by atoms with van der Waals surface area (Å²) >= 11 is 9.36. The van der Waals surface area contributed by atoms with Crippen LogP contribution in [0, 0.1) is 6.92 Å². The number of thiazole rings is 1. The van der Waals surface area contributed by atoms with Crippen LogP contribution in [0.5, 0.6) is 0 Å². The number of nitrogens with one attached hydrogen (secondary N) is 2. The SMILES string of the molecule is CC(=O)Nc1ccc(NC(=O)c2oc3ccccc3c2CSc2nc(C)cs2)cc1Cl. The summed E-state index contributed by atoms with van der Waals surface area (Å²) in [5.41, 5.74) is 3.41. The molecule has 2 heterocycles. The number of fused-ring (bicyclic) bond motifs is 1. The van der Waals surface area contributed by atoms with Gasteiger partial charge in [-0.1, -0.05) is 41.6 Å². The molecule has 0 bridgehead atoms. The topological polar surface area (TPSA) is 84.2 Å². The Morgan fingerprint density at radius 2 is 2.00 bits per heavy atom. The van der Waals surface area contributed by atoms with Crippen LogP contribution in [0.15, 0.2) is 56.6 Å². The molecular formula is C22H18ClN3O3S2. The Kier molecular flexibility index (Phi) is 6.31. The van der Waals surface area contributed by atoms with E-state index in [4.69, 9.17) is 16.0 Å². The number of thioether (sulfide) groups is 1. The smallest absolute Gasteiger partial charge is 0.291 e. The van der Waals surface area contributed by atoms with Crippen molar-refractivity contribution in [2.45, 2.75) is 23.9 Å². The minimum absolute atomic E-state index is 0.224. The van der Waals surface area contributed by atoms with E-state index in [2.05, 4.69) is 15.6 Å². The number of benzene rings is 2. The number of furan rings is 1. The second kappa shape index (κ2) is 9.13. The summed E-state index contributed by atoms with van der Waals surface area (Å²) in [6, 6.07) is 12.5. The molecule has 2 aromatic carbocycles. The molecule has 0 aliphatic carbocycles. The minimum atomic E-state index is -0.370. The number of aryl methyl sites for hydroxylation is 1. The van der Waals surface area contributed by atoms with Gasteiger partial charge in [0, 0.05) is 40.4 Å². The molecule has 9 heteroatoms. The molecule has 4 rings (SSSR count). The normalized spacial score (nSPS) is 10.9. The summed E-state index contributed by atoms with van der Waals surface area (Å²) in [5.74, 6) is 0.211. The second-order valence-electron chi connectivity index (χ2n) is 6.78. The summed E-state index contributed by atoms with van der Waals surface area (Å²) in [5, 5.41) is 8.69. The van der Waals surface area contributed by atoms with Gasteiger partial charge in [-0.3, -0.25) is 9.59 Å². The molecule has 0 saturated carbocycles. The summed E-state index contributed by atoms with van der Waals surface area (Å²) in [6.07, 6.45) is 0. The number of rotatable bonds is 6. The van der Waals surface area contributed by atoms with E-state index >= 15 is 0 Å². The van der Waals surface area contributed by atoms with Crippen molar-refractivity contribution in [3.8, 4) is 0 Å². The largest absolute Gasteiger partial charge is 0.451 e. The summed E-state index contributed by atoms with van der Waals surface area (Å²) in [6.45, 7) is 3.36. The van der Waals surface area contributed by atoms with Crippen molar-refractivity contribution in [3.63, 3.8) is 0 Å². The van der Waals surface area contributed by atoms with Gasteiger partial charge in [0.05, 0.1) is 10.7 Å². The van der Waals surface area contributed by atoms with Gasteiger partial charge in [-0.05, 0) is 31.2 Å². The fraction of sp³-hybridized carbons (Fsp3) is 0.136. The van der Waals surface area contributed by atoms with E-state index in [-0.39, 0.29) is 17.6 Å². The maximum Gasteiger partial charge on any atom is 0.291 e. The van der Waals surface area contributed by atoms with Crippen molar-refractivity contribution in [1.82, 2.24) is 4.98 Å². The van der Waals surface area contributed by atoms with Gasteiger partial charge in [0.1, 0.15) is 9.92 Å². The predicted molar refractivity (Wildman–Crippen MR) is 126 cm³/mol. The van der Waals surface area contributed by atoms with Crippen molar-refractivity contribution in [3.05, 3.63) is 69.9 Å². The maximum atomic E-state index is 13.1. The molecule has 0 spiro atoms. The second-order valence-corrected chi connectivity index (χ2v) is 9.27. The zero-order valence-electron chi connectivity index (χ0n) is 16.7. The van der Waals surface area contributed by atoms with Gasteiger partial charge in [0.15, 0.2) is 5.76 Å². The number of carbonyl (C=O) groups excluding carboxylic acids is 2. The Morgan fingerprint density at radius 1 is 1.19 bits per heavy atom. The molecule has 158 valence electrons. The molecule has 0 aliphatic rings. The molecule has 0 unspecified atom stereocenters. The van der Waals surface area contributed by atoms with Crippen molar-refractivity contribution in [1.29, 1.82) is 0 Å². The molecule has 4 aromatic rings. The zero-order chi connectivity index (χ0) is 22.0. The van der Waals surface area contributed by atoms with Crippen molar-refractivity contribution >= 4 is 68.9 Å². The highest BCUT2D eigenvalue weighted by molar-refractivity contribution is 8.00. The van der Waals surface area contributed by atoms with Crippen molar-refractivity contribution in [2.24, 2.45) is 0 Å². The van der Waals surface area contributed by atoms with Crippen LogP contribution in [0.3, 0.4) is 0 Å². The summed E-state index contributed by atoms with van der Waals surface area (Å²) < 4.78 is 6.84. The quantitative estimate of drug-likeness (QED) is 0.320. The van der Waals surface area contributed by atoms with Gasteiger partial charge in [0.2, 0.25) is 5.91 Å². The van der Waals surface area contributed by atoms with Crippen LogP contribution in [0.4, 0.5) is 11.4 Å². The monoisotopic (exact) mass is 471 g/mol. The van der Waals surface area contributed by atoms with E-state index in [1.165, 1.54) is 6.92 Å². The minimum Gasteiger partial charge on any atom is -0.451 e. The number of hydrogen-bond acceptors (Lipinski definition) is 6. The van der Waals surface area contributed by atoms with E-state index in [1.54, 1.807) is 41.3 Å². The van der Waals surface area contributed by atoms with Crippen LogP contribution >= 0.6 is 34.7 Å². The average Bonchev–Trinajstić information content (AvgIpc) is 3.31. The number of anilines is 2. The standard InChI is InChI=1S/C22H18ClN3O3S2/c1-12-10-30-22(24-12)31-11-16-15-5-3-4-6-19(15)29-20(16)21(28)26-14-7-8-18(17(23)9-14)25-13(2)27/h3-10H,11H2,1-2H3,(H,25,27)(H,26,28). The number of carbonyl (C=O) groups is 2. The van der Waals surface area contributed by atoms with E-state index in [1.807, 2.05) is 36.6 Å². The molecule has 0 saturated heterocycles. The fourth-order valence-electron chi connectivity index (χ4n) is 3.03. The summed E-state index contributed by atoms with van der Waals surface area (Å²) in [4.78, 5) is 28.8. The molecule has 2 N–H and O–H groups in total.